The molecule has 0 N–H and O–H groups in total. The summed E-state index contributed by atoms with van der Waals surface area (Å²) in [6.45, 7) is 22.2. The first-order chi connectivity index (χ1) is 16.2. The SMILES string of the molecule is CCn1c(-c2cccnc2C(C)OC)c(CC(C)(C)CO[Si](C)(C)C(C)(C)C)c2cc(Br)ccc21. The molecule has 3 aromatic rings. The van der Waals surface area contributed by atoms with Crippen molar-refractivity contribution in [3.05, 3.63) is 52.3 Å². The molecule has 0 aliphatic carbocycles. The first-order valence-corrected chi connectivity index (χ1v) is 16.3. The van der Waals surface area contributed by atoms with Gasteiger partial charge in [-0.05, 0) is 79.7 Å². The number of halogens is 1. The van der Waals surface area contributed by atoms with Crippen molar-refractivity contribution in [3.8, 4) is 11.3 Å². The molecule has 0 aliphatic heterocycles. The number of aryl methyl sites for hydroxylation is 1. The molecule has 192 valence electrons. The molecule has 1 unspecified atom stereocenters. The maximum absolute atomic E-state index is 6.72. The molecule has 0 saturated carbocycles. The van der Waals surface area contributed by atoms with Gasteiger partial charge in [0.05, 0.1) is 17.5 Å². The van der Waals surface area contributed by atoms with Gasteiger partial charge in [-0.25, -0.2) is 0 Å². The minimum absolute atomic E-state index is 0.0330. The maximum atomic E-state index is 6.72. The van der Waals surface area contributed by atoms with Gasteiger partial charge < -0.3 is 13.7 Å². The summed E-state index contributed by atoms with van der Waals surface area (Å²) in [5, 5.41) is 1.48. The summed E-state index contributed by atoms with van der Waals surface area (Å²) in [7, 11) is -0.0939. The lowest BCUT2D eigenvalue weighted by Gasteiger charge is -2.39. The minimum atomic E-state index is -1.84. The number of benzene rings is 1. The van der Waals surface area contributed by atoms with E-state index in [1.165, 1.54) is 22.2 Å². The fraction of sp³-hybridized carbons (Fsp3) is 0.552. The second-order valence-corrected chi connectivity index (χ2v) is 17.7. The van der Waals surface area contributed by atoms with Crippen LogP contribution in [-0.2, 0) is 22.1 Å². The number of pyridine rings is 1. The van der Waals surface area contributed by atoms with Crippen molar-refractivity contribution in [2.24, 2.45) is 5.41 Å². The van der Waals surface area contributed by atoms with E-state index in [2.05, 4.69) is 106 Å². The van der Waals surface area contributed by atoms with Crippen LogP contribution in [0.25, 0.3) is 22.2 Å². The van der Waals surface area contributed by atoms with Crippen LogP contribution in [0.5, 0.6) is 0 Å². The first-order valence-electron chi connectivity index (χ1n) is 12.6. The highest BCUT2D eigenvalue weighted by molar-refractivity contribution is 9.10. The van der Waals surface area contributed by atoms with Crippen LogP contribution in [0.3, 0.4) is 0 Å². The van der Waals surface area contributed by atoms with Gasteiger partial charge in [0.25, 0.3) is 0 Å². The number of rotatable bonds is 9. The van der Waals surface area contributed by atoms with Crippen LogP contribution in [0.4, 0.5) is 0 Å². The predicted molar refractivity (Wildman–Crippen MR) is 155 cm³/mol. The van der Waals surface area contributed by atoms with Gasteiger partial charge >= 0.3 is 0 Å². The van der Waals surface area contributed by atoms with E-state index in [4.69, 9.17) is 14.1 Å². The van der Waals surface area contributed by atoms with E-state index in [0.29, 0.717) is 0 Å². The van der Waals surface area contributed by atoms with E-state index in [1.807, 2.05) is 12.3 Å². The monoisotopic (exact) mass is 558 g/mol. The van der Waals surface area contributed by atoms with E-state index in [-0.39, 0.29) is 16.6 Å². The molecule has 4 nitrogen and oxygen atoms in total. The first kappa shape index (κ1) is 28.1. The van der Waals surface area contributed by atoms with Gasteiger partial charge in [0, 0.05) is 47.4 Å². The fourth-order valence-corrected chi connectivity index (χ4v) is 5.93. The summed E-state index contributed by atoms with van der Waals surface area (Å²) in [6, 6.07) is 10.8. The van der Waals surface area contributed by atoms with E-state index < -0.39 is 8.32 Å². The molecule has 0 aliphatic rings. The number of nitrogens with zero attached hydrogens (tertiary/aromatic N) is 2. The molecule has 1 atom stereocenters. The smallest absolute Gasteiger partial charge is 0.192 e. The summed E-state index contributed by atoms with van der Waals surface area (Å²) in [4.78, 5) is 4.76. The zero-order chi connectivity index (χ0) is 26.2. The average Bonchev–Trinajstić information content (AvgIpc) is 3.08. The van der Waals surface area contributed by atoms with Gasteiger partial charge in [0.1, 0.15) is 0 Å². The third kappa shape index (κ3) is 5.92. The summed E-state index contributed by atoms with van der Waals surface area (Å²) in [5.41, 5.74) is 5.93. The highest BCUT2D eigenvalue weighted by Crippen LogP contribution is 2.42. The van der Waals surface area contributed by atoms with Crippen LogP contribution in [0.1, 0.15) is 65.8 Å². The van der Waals surface area contributed by atoms with E-state index in [1.54, 1.807) is 7.11 Å². The molecule has 6 heteroatoms. The topological polar surface area (TPSA) is 36.3 Å². The van der Waals surface area contributed by atoms with Crippen molar-refractivity contribution in [2.45, 2.75) is 85.7 Å². The average molecular weight is 560 g/mol. The minimum Gasteiger partial charge on any atom is -0.416 e. The fourth-order valence-electron chi connectivity index (χ4n) is 4.39. The molecule has 35 heavy (non-hydrogen) atoms. The lowest BCUT2D eigenvalue weighted by molar-refractivity contribution is 0.116. The molecular formula is C29H43BrN2O2Si. The molecule has 0 fully saturated rings. The number of aromatic nitrogens is 2. The van der Waals surface area contributed by atoms with Crippen LogP contribution in [0.2, 0.25) is 18.1 Å². The highest BCUT2D eigenvalue weighted by atomic mass is 79.9. The molecule has 0 saturated heterocycles. The van der Waals surface area contributed by atoms with Crippen molar-refractivity contribution in [1.82, 2.24) is 9.55 Å². The number of ether oxygens (including phenoxy) is 1. The Morgan fingerprint density at radius 2 is 1.80 bits per heavy atom. The van der Waals surface area contributed by atoms with Crippen LogP contribution in [0, 0.1) is 5.41 Å². The molecule has 2 aromatic heterocycles. The lowest BCUT2D eigenvalue weighted by Crippen LogP contribution is -2.43. The number of fused-ring (bicyclic) bond motifs is 1. The molecule has 1 aromatic carbocycles. The van der Waals surface area contributed by atoms with Crippen molar-refractivity contribution in [3.63, 3.8) is 0 Å². The van der Waals surface area contributed by atoms with E-state index in [9.17, 15) is 0 Å². The quantitative estimate of drug-likeness (QED) is 0.246. The Balaban J connectivity index is 2.18. The second kappa shape index (κ2) is 10.5. The standard InChI is InChI=1S/C29H43BrN2O2Si/c1-11-32-25-15-14-21(30)17-23(25)24(18-29(6,7)19-34-35(9,10)28(3,4)5)27(32)22-13-12-16-31-26(22)20(2)33-8/h12-17,20H,11,18-19H2,1-10H3. The van der Waals surface area contributed by atoms with Gasteiger partial charge in [-0.3, -0.25) is 4.98 Å². The number of methoxy groups -OCH3 is 1. The third-order valence-electron chi connectivity index (χ3n) is 7.56. The Bertz CT molecular complexity index is 1180. The van der Waals surface area contributed by atoms with Gasteiger partial charge in [-0.2, -0.15) is 0 Å². The summed E-state index contributed by atoms with van der Waals surface area (Å²) in [6.07, 6.45) is 2.68. The van der Waals surface area contributed by atoms with Crippen molar-refractivity contribution in [2.75, 3.05) is 13.7 Å². The molecule has 0 radical (unpaired) electrons. The Morgan fingerprint density at radius 1 is 1.11 bits per heavy atom. The second-order valence-electron chi connectivity index (χ2n) is 11.9. The summed E-state index contributed by atoms with van der Waals surface area (Å²) in [5.74, 6) is 0. The largest absolute Gasteiger partial charge is 0.416 e. The highest BCUT2D eigenvalue weighted by Gasteiger charge is 2.39. The lowest BCUT2D eigenvalue weighted by atomic mass is 9.84. The zero-order valence-electron chi connectivity index (χ0n) is 23.3. The Morgan fingerprint density at radius 3 is 2.40 bits per heavy atom. The van der Waals surface area contributed by atoms with Crippen molar-refractivity contribution < 1.29 is 9.16 Å². The van der Waals surface area contributed by atoms with Crippen LogP contribution in [0.15, 0.2) is 41.0 Å². The van der Waals surface area contributed by atoms with Crippen LogP contribution >= 0.6 is 15.9 Å². The van der Waals surface area contributed by atoms with Crippen molar-refractivity contribution in [1.29, 1.82) is 0 Å². The maximum Gasteiger partial charge on any atom is 0.192 e. The number of hydrogen-bond donors (Lipinski definition) is 0. The Hall–Kier alpha value is -1.47. The van der Waals surface area contributed by atoms with E-state index in [0.717, 1.165) is 35.3 Å². The van der Waals surface area contributed by atoms with Crippen molar-refractivity contribution >= 4 is 35.2 Å². The zero-order valence-corrected chi connectivity index (χ0v) is 25.8. The third-order valence-corrected chi connectivity index (χ3v) is 12.5. The molecule has 0 bridgehead atoms. The van der Waals surface area contributed by atoms with Crippen LogP contribution in [-0.4, -0.2) is 31.6 Å². The molecule has 0 spiro atoms. The Labute approximate surface area is 221 Å². The summed E-state index contributed by atoms with van der Waals surface area (Å²) >= 11 is 3.73. The van der Waals surface area contributed by atoms with Gasteiger partial charge in [0.2, 0.25) is 0 Å². The van der Waals surface area contributed by atoms with Gasteiger partial charge in [-0.15, -0.1) is 0 Å². The Kier molecular flexibility index (Phi) is 8.42. The molecule has 3 rings (SSSR count). The summed E-state index contributed by atoms with van der Waals surface area (Å²) < 4.78 is 16.0. The molecule has 0 amide bonds. The van der Waals surface area contributed by atoms with Gasteiger partial charge in [0.15, 0.2) is 8.32 Å². The number of hydrogen-bond acceptors (Lipinski definition) is 3. The molecular weight excluding hydrogens is 516 g/mol. The van der Waals surface area contributed by atoms with E-state index >= 15 is 0 Å². The predicted octanol–water partition coefficient (Wildman–Crippen LogP) is 8.78. The molecule has 2 heterocycles. The normalized spacial score (nSPS) is 14.0. The van der Waals surface area contributed by atoms with Gasteiger partial charge in [-0.1, -0.05) is 50.5 Å². The van der Waals surface area contributed by atoms with Crippen LogP contribution < -0.4 is 0 Å².